The average molecular weight is 395 g/mol. The van der Waals surface area contributed by atoms with E-state index in [4.69, 9.17) is 30.3 Å². The van der Waals surface area contributed by atoms with Gasteiger partial charge < -0.3 is 23.6 Å². The largest absolute Gasteiger partial charge is 0.497 e. The molecule has 0 bridgehead atoms. The Morgan fingerprint density at radius 1 is 1.37 bits per heavy atom. The quantitative estimate of drug-likeness (QED) is 0.714. The van der Waals surface area contributed by atoms with Crippen molar-refractivity contribution in [3.63, 3.8) is 0 Å². The Kier molecular flexibility index (Phi) is 6.58. The van der Waals surface area contributed by atoms with Crippen LogP contribution in [0.5, 0.6) is 11.5 Å². The number of methoxy groups -OCH3 is 1. The molecule has 146 valence electrons. The topological polar surface area (TPSA) is 74.0 Å². The Balaban J connectivity index is 1.55. The third kappa shape index (κ3) is 5.14. The molecule has 1 aliphatic heterocycles. The molecule has 7 nitrogen and oxygen atoms in total. The number of likely N-dealkylation sites (N-methyl/N-ethyl adjacent to an activating group) is 1. The van der Waals surface area contributed by atoms with Gasteiger partial charge in [-0.05, 0) is 31.4 Å². The van der Waals surface area contributed by atoms with Crippen LogP contribution in [0.3, 0.4) is 0 Å². The van der Waals surface area contributed by atoms with Gasteiger partial charge in [0.15, 0.2) is 11.5 Å². The third-order valence-corrected chi connectivity index (χ3v) is 4.68. The maximum absolute atomic E-state index is 12.5. The fourth-order valence-corrected chi connectivity index (χ4v) is 3.12. The second kappa shape index (κ2) is 9.10. The standard InChI is InChI=1S/C19H23ClN2O5/c1-22(11-14-5-3-4-8-25-14)19(23)17-10-15(27-21-17)12-26-18-7-6-13(24-2)9-16(18)20/h6-7,9-10,14H,3-5,8,11-12H2,1-2H3/t14-/m1/s1. The second-order valence-corrected chi connectivity index (χ2v) is 6.84. The van der Waals surface area contributed by atoms with Gasteiger partial charge in [-0.25, -0.2) is 0 Å². The molecule has 2 aromatic rings. The van der Waals surface area contributed by atoms with E-state index in [9.17, 15) is 4.79 Å². The molecular formula is C19H23ClN2O5. The summed E-state index contributed by atoms with van der Waals surface area (Å²) in [4.78, 5) is 14.1. The van der Waals surface area contributed by atoms with Crippen molar-refractivity contribution in [1.29, 1.82) is 0 Å². The van der Waals surface area contributed by atoms with Crippen LogP contribution in [0, 0.1) is 0 Å². The highest BCUT2D eigenvalue weighted by atomic mass is 35.5. The van der Waals surface area contributed by atoms with E-state index in [0.29, 0.717) is 28.8 Å². The van der Waals surface area contributed by atoms with Crippen molar-refractivity contribution in [1.82, 2.24) is 10.1 Å². The van der Waals surface area contributed by atoms with E-state index in [2.05, 4.69) is 5.16 Å². The molecule has 0 aliphatic carbocycles. The fourth-order valence-electron chi connectivity index (χ4n) is 2.89. The fraction of sp³-hybridized carbons (Fsp3) is 0.474. The minimum absolute atomic E-state index is 0.0830. The Bertz CT molecular complexity index is 773. The first kappa shape index (κ1) is 19.5. The number of halogens is 1. The number of ether oxygens (including phenoxy) is 3. The van der Waals surface area contributed by atoms with Crippen LogP contribution in [-0.4, -0.2) is 49.4 Å². The first-order valence-corrected chi connectivity index (χ1v) is 9.23. The van der Waals surface area contributed by atoms with E-state index in [1.807, 2.05) is 0 Å². The minimum atomic E-state index is -0.207. The summed E-state index contributed by atoms with van der Waals surface area (Å²) in [6, 6.07) is 6.70. The molecule has 1 aliphatic rings. The number of nitrogens with zero attached hydrogens (tertiary/aromatic N) is 2. The lowest BCUT2D eigenvalue weighted by molar-refractivity contribution is -0.000360. The molecular weight excluding hydrogens is 372 g/mol. The van der Waals surface area contributed by atoms with Gasteiger partial charge in [0.25, 0.3) is 5.91 Å². The summed E-state index contributed by atoms with van der Waals surface area (Å²) in [5.41, 5.74) is 0.243. The molecule has 8 heteroatoms. The van der Waals surface area contributed by atoms with Crippen LogP contribution < -0.4 is 9.47 Å². The van der Waals surface area contributed by atoms with Crippen LogP contribution in [0.25, 0.3) is 0 Å². The molecule has 1 atom stereocenters. The first-order chi connectivity index (χ1) is 13.1. The maximum atomic E-state index is 12.5. The van der Waals surface area contributed by atoms with Crippen molar-refractivity contribution in [3.05, 3.63) is 40.7 Å². The summed E-state index contributed by atoms with van der Waals surface area (Å²) in [5.74, 6) is 1.37. The zero-order chi connectivity index (χ0) is 19.2. The van der Waals surface area contributed by atoms with Crippen LogP contribution in [0.1, 0.15) is 35.5 Å². The summed E-state index contributed by atoms with van der Waals surface area (Å²) in [5, 5.41) is 4.28. The van der Waals surface area contributed by atoms with Gasteiger partial charge >= 0.3 is 0 Å². The lowest BCUT2D eigenvalue weighted by Gasteiger charge is -2.26. The van der Waals surface area contributed by atoms with Crippen molar-refractivity contribution >= 4 is 17.5 Å². The number of carbonyl (C=O) groups is 1. The second-order valence-electron chi connectivity index (χ2n) is 6.44. The molecule has 0 saturated carbocycles. The number of carbonyl (C=O) groups excluding carboxylic acids is 1. The Hall–Kier alpha value is -2.25. The monoisotopic (exact) mass is 394 g/mol. The molecule has 3 rings (SSSR count). The van der Waals surface area contributed by atoms with Crippen LogP contribution in [0.15, 0.2) is 28.8 Å². The summed E-state index contributed by atoms with van der Waals surface area (Å²) in [6.45, 7) is 1.41. The van der Waals surface area contributed by atoms with E-state index in [-0.39, 0.29) is 24.3 Å². The molecule has 27 heavy (non-hydrogen) atoms. The van der Waals surface area contributed by atoms with Crippen molar-refractivity contribution in [2.75, 3.05) is 27.3 Å². The molecule has 0 N–H and O–H groups in total. The number of hydrogen-bond donors (Lipinski definition) is 0. The van der Waals surface area contributed by atoms with Crippen LogP contribution >= 0.6 is 11.6 Å². The van der Waals surface area contributed by atoms with Crippen molar-refractivity contribution < 1.29 is 23.5 Å². The van der Waals surface area contributed by atoms with Gasteiger partial charge in [0.2, 0.25) is 0 Å². The maximum Gasteiger partial charge on any atom is 0.275 e. The van der Waals surface area contributed by atoms with Gasteiger partial charge in [-0.1, -0.05) is 16.8 Å². The van der Waals surface area contributed by atoms with E-state index in [1.165, 1.54) is 0 Å². The predicted octanol–water partition coefficient (Wildman–Crippen LogP) is 3.56. The van der Waals surface area contributed by atoms with Gasteiger partial charge in [-0.3, -0.25) is 4.79 Å². The Morgan fingerprint density at radius 3 is 2.93 bits per heavy atom. The molecule has 1 saturated heterocycles. The summed E-state index contributed by atoms with van der Waals surface area (Å²) < 4.78 is 21.6. The van der Waals surface area contributed by atoms with Crippen LogP contribution in [0.4, 0.5) is 0 Å². The smallest absolute Gasteiger partial charge is 0.275 e. The summed E-state index contributed by atoms with van der Waals surface area (Å²) in [6.07, 6.45) is 3.27. The number of amides is 1. The summed E-state index contributed by atoms with van der Waals surface area (Å²) >= 11 is 6.14. The lowest BCUT2D eigenvalue weighted by Crippen LogP contribution is -2.37. The summed E-state index contributed by atoms with van der Waals surface area (Å²) in [7, 11) is 3.30. The van der Waals surface area contributed by atoms with Gasteiger partial charge in [0.1, 0.15) is 18.1 Å². The molecule has 1 fully saturated rings. The van der Waals surface area contributed by atoms with Crippen molar-refractivity contribution in [2.24, 2.45) is 0 Å². The van der Waals surface area contributed by atoms with Crippen LogP contribution in [-0.2, 0) is 11.3 Å². The highest BCUT2D eigenvalue weighted by molar-refractivity contribution is 6.32. The van der Waals surface area contributed by atoms with Gasteiger partial charge in [-0.15, -0.1) is 0 Å². The number of benzene rings is 1. The minimum Gasteiger partial charge on any atom is -0.497 e. The van der Waals surface area contributed by atoms with Crippen LogP contribution in [0.2, 0.25) is 5.02 Å². The molecule has 0 unspecified atom stereocenters. The molecule has 1 aromatic carbocycles. The molecule has 0 spiro atoms. The Morgan fingerprint density at radius 2 is 2.22 bits per heavy atom. The number of hydrogen-bond acceptors (Lipinski definition) is 6. The zero-order valence-corrected chi connectivity index (χ0v) is 16.2. The van der Waals surface area contributed by atoms with E-state index in [1.54, 1.807) is 43.3 Å². The zero-order valence-electron chi connectivity index (χ0n) is 15.4. The SMILES string of the molecule is COc1ccc(OCc2cc(C(=O)N(C)C[C@H]3CCCCO3)no2)c(Cl)c1. The normalized spacial score (nSPS) is 16.8. The third-order valence-electron chi connectivity index (χ3n) is 4.39. The molecule has 1 aromatic heterocycles. The van der Waals surface area contributed by atoms with Gasteiger partial charge in [0.05, 0.1) is 18.2 Å². The number of aromatic nitrogens is 1. The lowest BCUT2D eigenvalue weighted by atomic mass is 10.1. The van der Waals surface area contributed by atoms with E-state index < -0.39 is 0 Å². The Labute approximate surface area is 163 Å². The first-order valence-electron chi connectivity index (χ1n) is 8.86. The van der Waals surface area contributed by atoms with Crippen molar-refractivity contribution in [2.45, 2.75) is 32.0 Å². The highest BCUT2D eigenvalue weighted by Gasteiger charge is 2.22. The average Bonchev–Trinajstić information content (AvgIpc) is 3.16. The molecule has 0 radical (unpaired) electrons. The molecule has 1 amide bonds. The number of rotatable bonds is 7. The predicted molar refractivity (Wildman–Crippen MR) is 99.4 cm³/mol. The molecule has 2 heterocycles. The highest BCUT2D eigenvalue weighted by Crippen LogP contribution is 2.29. The van der Waals surface area contributed by atoms with Crippen molar-refractivity contribution in [3.8, 4) is 11.5 Å². The van der Waals surface area contributed by atoms with E-state index in [0.717, 1.165) is 25.9 Å². The van der Waals surface area contributed by atoms with Gasteiger partial charge in [0, 0.05) is 32.3 Å². The van der Waals surface area contributed by atoms with Gasteiger partial charge in [-0.2, -0.15) is 0 Å². The van der Waals surface area contributed by atoms with E-state index >= 15 is 0 Å².